The number of fused-ring (bicyclic) bond motifs is 2. The van der Waals surface area contributed by atoms with Crippen molar-refractivity contribution in [1.29, 1.82) is 0 Å². The number of hydrogen-bond acceptors (Lipinski definition) is 2. The number of phenolic OH excluding ortho intramolecular Hbond substituents is 1. The minimum absolute atomic E-state index is 0.0370. The van der Waals surface area contributed by atoms with Crippen molar-refractivity contribution in [3.05, 3.63) is 63.7 Å². The van der Waals surface area contributed by atoms with Crippen LogP contribution in [0.5, 0.6) is 5.75 Å². The van der Waals surface area contributed by atoms with Crippen molar-refractivity contribution in [1.82, 2.24) is 0 Å². The number of benzene rings is 2. The summed E-state index contributed by atoms with van der Waals surface area (Å²) in [6.07, 6.45) is 1.58. The molecule has 0 bridgehead atoms. The highest BCUT2D eigenvalue weighted by atomic mass is 35.5. The molecule has 3 heteroatoms. The van der Waals surface area contributed by atoms with Crippen LogP contribution in [0, 0.1) is 0 Å². The van der Waals surface area contributed by atoms with Crippen LogP contribution in [-0.4, -0.2) is 10.9 Å². The van der Waals surface area contributed by atoms with Gasteiger partial charge in [-0.2, -0.15) is 0 Å². The van der Waals surface area contributed by atoms with Gasteiger partial charge in [-0.3, -0.25) is 4.79 Å². The Kier molecular flexibility index (Phi) is 2.60. The van der Waals surface area contributed by atoms with Crippen LogP contribution in [0.25, 0.3) is 0 Å². The summed E-state index contributed by atoms with van der Waals surface area (Å²) in [5, 5.41) is 10.2. The molecule has 0 amide bonds. The second-order valence-corrected chi connectivity index (χ2v) is 4.91. The third-order valence-electron chi connectivity index (χ3n) is 3.31. The highest BCUT2D eigenvalue weighted by Crippen LogP contribution is 2.28. The first-order valence-electron chi connectivity index (χ1n) is 5.80. The normalized spacial score (nSPS) is 13.7. The minimum Gasteiger partial charge on any atom is -0.508 e. The summed E-state index contributed by atoms with van der Waals surface area (Å²) >= 11 is 5.96. The summed E-state index contributed by atoms with van der Waals surface area (Å²) in [5.74, 6) is 0.0876. The van der Waals surface area contributed by atoms with E-state index in [4.69, 9.17) is 11.6 Å². The van der Waals surface area contributed by atoms with Gasteiger partial charge >= 0.3 is 0 Å². The Morgan fingerprint density at radius 1 is 0.944 bits per heavy atom. The number of carbonyl (C=O) groups is 1. The van der Waals surface area contributed by atoms with E-state index in [0.717, 1.165) is 24.0 Å². The third kappa shape index (κ3) is 1.79. The Morgan fingerprint density at radius 3 is 2.56 bits per heavy atom. The van der Waals surface area contributed by atoms with Crippen LogP contribution in [0.1, 0.15) is 27.0 Å². The standard InChI is InChI=1S/C15H11ClO2/c16-11-4-6-13-10(7-11)2-1-9-3-5-12(17)8-14(9)15(13)18/h3-8,17H,1-2H2. The van der Waals surface area contributed by atoms with Crippen LogP contribution < -0.4 is 0 Å². The Labute approximate surface area is 110 Å². The maximum Gasteiger partial charge on any atom is 0.193 e. The number of carbonyl (C=O) groups excluding carboxylic acids is 1. The van der Waals surface area contributed by atoms with E-state index < -0.39 is 0 Å². The second kappa shape index (κ2) is 4.14. The molecule has 0 aliphatic heterocycles. The number of halogens is 1. The molecule has 2 nitrogen and oxygen atoms in total. The van der Waals surface area contributed by atoms with Crippen molar-refractivity contribution in [2.45, 2.75) is 12.8 Å². The lowest BCUT2D eigenvalue weighted by Crippen LogP contribution is -2.03. The summed E-state index contributed by atoms with van der Waals surface area (Å²) in [6.45, 7) is 0. The highest BCUT2D eigenvalue weighted by Gasteiger charge is 2.21. The summed E-state index contributed by atoms with van der Waals surface area (Å²) in [7, 11) is 0. The van der Waals surface area contributed by atoms with E-state index >= 15 is 0 Å². The molecule has 1 aliphatic carbocycles. The molecule has 0 aromatic heterocycles. The summed E-state index contributed by atoms with van der Waals surface area (Å²) in [5.41, 5.74) is 3.23. The smallest absolute Gasteiger partial charge is 0.193 e. The molecule has 18 heavy (non-hydrogen) atoms. The van der Waals surface area contributed by atoms with Crippen molar-refractivity contribution in [2.24, 2.45) is 0 Å². The van der Waals surface area contributed by atoms with Gasteiger partial charge in [0.05, 0.1) is 0 Å². The third-order valence-corrected chi connectivity index (χ3v) is 3.55. The zero-order chi connectivity index (χ0) is 12.7. The molecular weight excluding hydrogens is 248 g/mol. The molecule has 0 unspecified atom stereocenters. The van der Waals surface area contributed by atoms with Crippen LogP contribution in [0.4, 0.5) is 0 Å². The van der Waals surface area contributed by atoms with Crippen LogP contribution in [-0.2, 0) is 12.8 Å². The zero-order valence-corrected chi connectivity index (χ0v) is 10.4. The number of hydrogen-bond donors (Lipinski definition) is 1. The summed E-state index contributed by atoms with van der Waals surface area (Å²) < 4.78 is 0. The average Bonchev–Trinajstić information content (AvgIpc) is 2.48. The van der Waals surface area contributed by atoms with Gasteiger partial charge in [0.15, 0.2) is 5.78 Å². The molecule has 0 fully saturated rings. The Balaban J connectivity index is 2.20. The van der Waals surface area contributed by atoms with E-state index in [1.165, 1.54) is 0 Å². The number of aromatic hydroxyl groups is 1. The largest absolute Gasteiger partial charge is 0.508 e. The molecule has 2 aromatic carbocycles. The number of aryl methyl sites for hydroxylation is 2. The van der Waals surface area contributed by atoms with Crippen molar-refractivity contribution in [2.75, 3.05) is 0 Å². The molecule has 0 saturated carbocycles. The van der Waals surface area contributed by atoms with Gasteiger partial charge in [-0.25, -0.2) is 0 Å². The first-order valence-corrected chi connectivity index (χ1v) is 6.18. The Bertz CT molecular complexity index is 647. The molecule has 0 atom stereocenters. The topological polar surface area (TPSA) is 37.3 Å². The average molecular weight is 259 g/mol. The fraction of sp³-hybridized carbons (Fsp3) is 0.133. The van der Waals surface area contributed by atoms with Gasteiger partial charge in [0, 0.05) is 16.1 Å². The van der Waals surface area contributed by atoms with Gasteiger partial charge in [-0.1, -0.05) is 17.7 Å². The van der Waals surface area contributed by atoms with Crippen molar-refractivity contribution >= 4 is 17.4 Å². The first kappa shape index (κ1) is 11.3. The lowest BCUT2D eigenvalue weighted by molar-refractivity contribution is 0.103. The predicted molar refractivity (Wildman–Crippen MR) is 70.4 cm³/mol. The van der Waals surface area contributed by atoms with E-state index in [9.17, 15) is 9.90 Å². The van der Waals surface area contributed by atoms with Gasteiger partial charge in [0.25, 0.3) is 0 Å². The molecule has 1 N–H and O–H groups in total. The fourth-order valence-corrected chi connectivity index (χ4v) is 2.59. The predicted octanol–water partition coefficient (Wildman–Crippen LogP) is 3.38. The minimum atomic E-state index is -0.0370. The lowest BCUT2D eigenvalue weighted by Gasteiger charge is -2.05. The SMILES string of the molecule is O=C1c2ccc(Cl)cc2CCc2ccc(O)cc21. The molecule has 0 saturated heterocycles. The van der Waals surface area contributed by atoms with Gasteiger partial charge in [0.1, 0.15) is 5.75 Å². The number of phenols is 1. The second-order valence-electron chi connectivity index (χ2n) is 4.47. The maximum atomic E-state index is 12.4. The molecule has 2 aromatic rings. The zero-order valence-electron chi connectivity index (χ0n) is 9.61. The van der Waals surface area contributed by atoms with E-state index in [1.807, 2.05) is 12.1 Å². The number of rotatable bonds is 0. The van der Waals surface area contributed by atoms with E-state index in [2.05, 4.69) is 0 Å². The van der Waals surface area contributed by atoms with Gasteiger partial charge in [-0.15, -0.1) is 0 Å². The van der Waals surface area contributed by atoms with E-state index in [-0.39, 0.29) is 11.5 Å². The van der Waals surface area contributed by atoms with E-state index in [0.29, 0.717) is 16.1 Å². The first-order chi connectivity index (χ1) is 8.65. The van der Waals surface area contributed by atoms with E-state index in [1.54, 1.807) is 24.3 Å². The maximum absolute atomic E-state index is 12.4. The molecular formula is C15H11ClO2. The van der Waals surface area contributed by atoms with Crippen molar-refractivity contribution in [3.63, 3.8) is 0 Å². The lowest BCUT2D eigenvalue weighted by atomic mass is 9.99. The van der Waals surface area contributed by atoms with Gasteiger partial charge in [-0.05, 0) is 54.3 Å². The Hall–Kier alpha value is -1.80. The molecule has 90 valence electrons. The monoisotopic (exact) mass is 258 g/mol. The van der Waals surface area contributed by atoms with Crippen LogP contribution in [0.15, 0.2) is 36.4 Å². The van der Waals surface area contributed by atoms with Crippen LogP contribution >= 0.6 is 11.6 Å². The van der Waals surface area contributed by atoms with Gasteiger partial charge in [0.2, 0.25) is 0 Å². The van der Waals surface area contributed by atoms with Crippen LogP contribution in [0.3, 0.4) is 0 Å². The number of ketones is 1. The molecule has 0 radical (unpaired) electrons. The van der Waals surface area contributed by atoms with Gasteiger partial charge < -0.3 is 5.11 Å². The van der Waals surface area contributed by atoms with Crippen molar-refractivity contribution < 1.29 is 9.90 Å². The summed E-state index contributed by atoms with van der Waals surface area (Å²) in [4.78, 5) is 12.4. The molecule has 0 spiro atoms. The highest BCUT2D eigenvalue weighted by molar-refractivity contribution is 6.30. The Morgan fingerprint density at radius 2 is 1.72 bits per heavy atom. The summed E-state index contributed by atoms with van der Waals surface area (Å²) in [6, 6.07) is 10.3. The quantitative estimate of drug-likeness (QED) is 0.787. The van der Waals surface area contributed by atoms with Crippen LogP contribution in [0.2, 0.25) is 5.02 Å². The fourth-order valence-electron chi connectivity index (χ4n) is 2.40. The van der Waals surface area contributed by atoms with Crippen molar-refractivity contribution in [3.8, 4) is 5.75 Å². The molecule has 3 rings (SSSR count). The molecule has 0 heterocycles. The molecule has 1 aliphatic rings.